The Labute approximate surface area is 180 Å². The van der Waals surface area contributed by atoms with Gasteiger partial charge in [0, 0.05) is 31.4 Å². The Bertz CT molecular complexity index is 741. The van der Waals surface area contributed by atoms with E-state index in [1.807, 2.05) is 55.6 Å². The lowest BCUT2D eigenvalue weighted by atomic mass is 10.0. The van der Waals surface area contributed by atoms with Crippen LogP contribution in [0.2, 0.25) is 0 Å². The quantitative estimate of drug-likeness (QED) is 0.638. The van der Waals surface area contributed by atoms with Crippen molar-refractivity contribution in [3.05, 3.63) is 54.1 Å². The second kappa shape index (κ2) is 12.5. The summed E-state index contributed by atoms with van der Waals surface area (Å²) in [6, 6.07) is 15.2. The van der Waals surface area contributed by atoms with Crippen molar-refractivity contribution in [2.45, 2.75) is 26.3 Å². The number of nitrogens with one attached hydrogen (secondary N) is 1. The molecular weight excluding hydrogens is 397 g/mol. The summed E-state index contributed by atoms with van der Waals surface area (Å²) in [5.74, 6) is 1.14. The van der Waals surface area contributed by atoms with Gasteiger partial charge >= 0.3 is 0 Å². The molecule has 2 aromatic carbocycles. The predicted octanol–water partition coefficient (Wildman–Crippen LogP) is 4.73. The van der Waals surface area contributed by atoms with Crippen LogP contribution in [0.4, 0.5) is 11.4 Å². The molecule has 0 spiro atoms. The molecule has 2 aromatic rings. The zero-order chi connectivity index (χ0) is 19.1. The highest BCUT2D eigenvalue weighted by atomic mass is 35.5. The highest BCUT2D eigenvalue weighted by Gasteiger charge is 2.17. The summed E-state index contributed by atoms with van der Waals surface area (Å²) in [7, 11) is 3.45. The van der Waals surface area contributed by atoms with E-state index in [1.54, 1.807) is 12.0 Å². The normalized spacial score (nSPS) is 11.1. The van der Waals surface area contributed by atoms with Crippen LogP contribution in [0, 0.1) is 5.92 Å². The summed E-state index contributed by atoms with van der Waals surface area (Å²) in [4.78, 5) is 14.6. The van der Waals surface area contributed by atoms with Crippen molar-refractivity contribution in [1.29, 1.82) is 0 Å². The average molecular weight is 428 g/mol. The van der Waals surface area contributed by atoms with E-state index in [2.05, 4.69) is 19.2 Å². The number of rotatable bonds is 8. The lowest BCUT2D eigenvalue weighted by molar-refractivity contribution is 0.0790. The Kier molecular flexibility index (Phi) is 11.6. The minimum atomic E-state index is -0.0213. The third-order valence-electron chi connectivity index (χ3n) is 4.51. The van der Waals surface area contributed by atoms with Gasteiger partial charge in [-0.15, -0.1) is 24.8 Å². The minimum absolute atomic E-state index is 0. The molecule has 5 nitrogen and oxygen atoms in total. The van der Waals surface area contributed by atoms with Crippen molar-refractivity contribution >= 4 is 42.1 Å². The number of benzene rings is 2. The largest absolute Gasteiger partial charge is 0.497 e. The molecule has 1 atom stereocenters. The third-order valence-corrected chi connectivity index (χ3v) is 4.51. The molecule has 1 unspecified atom stereocenters. The van der Waals surface area contributed by atoms with Gasteiger partial charge in [0.15, 0.2) is 0 Å². The number of anilines is 2. The molecule has 0 bridgehead atoms. The Hall–Kier alpha value is -1.95. The van der Waals surface area contributed by atoms with Crippen LogP contribution in [-0.4, -0.2) is 37.6 Å². The Balaban J connectivity index is 0.00000364. The fourth-order valence-corrected chi connectivity index (χ4v) is 2.62. The fraction of sp³-hybridized carbons (Fsp3) is 0.381. The summed E-state index contributed by atoms with van der Waals surface area (Å²) in [6.07, 6.45) is 0.783. The first-order valence-corrected chi connectivity index (χ1v) is 8.93. The molecule has 2 rings (SSSR count). The van der Waals surface area contributed by atoms with E-state index < -0.39 is 0 Å². The van der Waals surface area contributed by atoms with Gasteiger partial charge in [-0.1, -0.05) is 32.0 Å². The summed E-state index contributed by atoms with van der Waals surface area (Å²) in [5.41, 5.74) is 8.37. The number of hydrogen-bond donors (Lipinski definition) is 2. The van der Waals surface area contributed by atoms with E-state index in [1.165, 1.54) is 0 Å². The average Bonchev–Trinajstić information content (AvgIpc) is 2.65. The number of nitrogens with two attached hydrogens (primary N) is 1. The molecule has 7 heteroatoms. The number of hydrogen-bond acceptors (Lipinski definition) is 4. The number of ether oxygens (including phenoxy) is 1. The van der Waals surface area contributed by atoms with Crippen molar-refractivity contribution in [1.82, 2.24) is 4.90 Å². The molecule has 0 heterocycles. The highest BCUT2D eigenvalue weighted by molar-refractivity contribution is 6.00. The standard InChI is InChI=1S/C21H29N3O2.2ClH/c1-15(2)19(22)12-13-24(3)21(25)18-10-5-6-11-20(18)23-16-8-7-9-17(14-16)26-4;;/h5-11,14-15,19,23H,12-13,22H2,1-4H3;2*1H. The first kappa shape index (κ1) is 26.1. The minimum Gasteiger partial charge on any atom is -0.497 e. The van der Waals surface area contributed by atoms with Gasteiger partial charge in [0.2, 0.25) is 0 Å². The Morgan fingerprint density at radius 3 is 2.46 bits per heavy atom. The van der Waals surface area contributed by atoms with E-state index in [-0.39, 0.29) is 36.8 Å². The molecule has 0 fully saturated rings. The lowest BCUT2D eigenvalue weighted by Gasteiger charge is -2.23. The van der Waals surface area contributed by atoms with Crippen LogP contribution in [0.25, 0.3) is 0 Å². The first-order chi connectivity index (χ1) is 12.4. The van der Waals surface area contributed by atoms with E-state index in [9.17, 15) is 4.79 Å². The number of nitrogens with zero attached hydrogens (tertiary/aromatic N) is 1. The van der Waals surface area contributed by atoms with Crippen molar-refractivity contribution < 1.29 is 9.53 Å². The maximum absolute atomic E-state index is 12.9. The number of carbonyl (C=O) groups is 1. The monoisotopic (exact) mass is 427 g/mol. The van der Waals surface area contributed by atoms with Crippen LogP contribution in [0.5, 0.6) is 5.75 Å². The van der Waals surface area contributed by atoms with Gasteiger partial charge in [-0.3, -0.25) is 4.79 Å². The number of halogens is 2. The maximum atomic E-state index is 12.9. The van der Waals surface area contributed by atoms with Crippen LogP contribution < -0.4 is 15.8 Å². The molecule has 0 saturated heterocycles. The van der Waals surface area contributed by atoms with Crippen molar-refractivity contribution in [2.75, 3.05) is 26.0 Å². The molecule has 0 aliphatic rings. The topological polar surface area (TPSA) is 67.6 Å². The molecule has 0 aromatic heterocycles. The summed E-state index contributed by atoms with van der Waals surface area (Å²) in [5, 5.41) is 3.31. The van der Waals surface area contributed by atoms with Crippen molar-refractivity contribution in [2.24, 2.45) is 11.7 Å². The number of methoxy groups -OCH3 is 1. The van der Waals surface area contributed by atoms with Gasteiger partial charge in [0.25, 0.3) is 5.91 Å². The van der Waals surface area contributed by atoms with E-state index in [0.29, 0.717) is 18.0 Å². The maximum Gasteiger partial charge on any atom is 0.255 e. The van der Waals surface area contributed by atoms with Gasteiger partial charge in [-0.05, 0) is 36.6 Å². The van der Waals surface area contributed by atoms with Crippen LogP contribution in [0.15, 0.2) is 48.5 Å². The van der Waals surface area contributed by atoms with Gasteiger partial charge < -0.3 is 20.7 Å². The molecule has 0 radical (unpaired) electrons. The van der Waals surface area contributed by atoms with Crippen molar-refractivity contribution in [3.63, 3.8) is 0 Å². The van der Waals surface area contributed by atoms with Gasteiger partial charge in [0.1, 0.15) is 5.75 Å². The second-order valence-corrected chi connectivity index (χ2v) is 6.83. The van der Waals surface area contributed by atoms with Gasteiger partial charge in [-0.25, -0.2) is 0 Å². The molecule has 0 saturated carbocycles. The number of para-hydroxylation sites is 1. The molecular formula is C21H31Cl2N3O2. The lowest BCUT2D eigenvalue weighted by Crippen LogP contribution is -2.34. The fourth-order valence-electron chi connectivity index (χ4n) is 2.62. The summed E-state index contributed by atoms with van der Waals surface area (Å²) < 4.78 is 5.26. The van der Waals surface area contributed by atoms with Crippen LogP contribution in [0.3, 0.4) is 0 Å². The van der Waals surface area contributed by atoms with E-state index in [0.717, 1.165) is 23.5 Å². The van der Waals surface area contributed by atoms with Crippen LogP contribution in [-0.2, 0) is 0 Å². The zero-order valence-electron chi connectivity index (χ0n) is 16.8. The van der Waals surface area contributed by atoms with Crippen LogP contribution >= 0.6 is 24.8 Å². The van der Waals surface area contributed by atoms with Gasteiger partial charge in [-0.2, -0.15) is 0 Å². The van der Waals surface area contributed by atoms with E-state index >= 15 is 0 Å². The molecule has 0 aliphatic carbocycles. The van der Waals surface area contributed by atoms with E-state index in [4.69, 9.17) is 10.5 Å². The highest BCUT2D eigenvalue weighted by Crippen LogP contribution is 2.24. The first-order valence-electron chi connectivity index (χ1n) is 8.93. The number of amides is 1. The zero-order valence-corrected chi connectivity index (χ0v) is 18.5. The SMILES string of the molecule is COc1cccc(Nc2ccccc2C(=O)N(C)CCC(N)C(C)C)c1.Cl.Cl. The predicted molar refractivity (Wildman–Crippen MR) is 122 cm³/mol. The van der Waals surface area contributed by atoms with Crippen molar-refractivity contribution in [3.8, 4) is 5.75 Å². The summed E-state index contributed by atoms with van der Waals surface area (Å²) >= 11 is 0. The van der Waals surface area contributed by atoms with Gasteiger partial charge in [0.05, 0.1) is 18.4 Å². The second-order valence-electron chi connectivity index (χ2n) is 6.83. The molecule has 156 valence electrons. The Morgan fingerprint density at radius 2 is 1.82 bits per heavy atom. The molecule has 3 N–H and O–H groups in total. The molecule has 1 amide bonds. The smallest absolute Gasteiger partial charge is 0.255 e. The van der Waals surface area contributed by atoms with Crippen LogP contribution in [0.1, 0.15) is 30.6 Å². The molecule has 28 heavy (non-hydrogen) atoms. The number of carbonyl (C=O) groups excluding carboxylic acids is 1. The Morgan fingerprint density at radius 1 is 1.14 bits per heavy atom. The third kappa shape index (κ3) is 7.23. The summed E-state index contributed by atoms with van der Waals surface area (Å²) in [6.45, 7) is 4.82. The molecule has 0 aliphatic heterocycles.